The maximum absolute atomic E-state index is 14.0. The molecule has 0 saturated heterocycles. The molecule has 0 saturated carbocycles. The summed E-state index contributed by atoms with van der Waals surface area (Å²) in [4.78, 5) is -4.03. The summed E-state index contributed by atoms with van der Waals surface area (Å²) in [7, 11) is -26.6. The van der Waals surface area contributed by atoms with Crippen LogP contribution in [0.15, 0.2) is 76.4 Å². The monoisotopic (exact) mass is 1110 g/mol. The van der Waals surface area contributed by atoms with E-state index in [1.807, 2.05) is 0 Å². The van der Waals surface area contributed by atoms with E-state index in [9.17, 15) is 69.3 Å². The molecule has 0 radical (unpaired) electrons. The van der Waals surface area contributed by atoms with Gasteiger partial charge in [-0.3, -0.25) is 8.74 Å². The Balaban J connectivity index is 0.0000112. The Morgan fingerprint density at radius 3 is 1.25 bits per heavy atom. The second-order valence-corrected chi connectivity index (χ2v) is 21.1. The summed E-state index contributed by atoms with van der Waals surface area (Å²) in [5, 5.41) is 27.3. The number of fused-ring (bicyclic) bond motifs is 1. The fourth-order valence-electron chi connectivity index (χ4n) is 5.35. The fourth-order valence-corrected chi connectivity index (χ4v) is 9.96. The largest absolute Gasteiger partial charge is 1.00 e. The zero-order valence-corrected chi connectivity index (χ0v) is 49.4. The Labute approximate surface area is 477 Å². The van der Waals surface area contributed by atoms with Crippen LogP contribution in [0, 0.1) is 0 Å². The van der Waals surface area contributed by atoms with Crippen LogP contribution < -0.4 is 148 Å². The first-order chi connectivity index (χ1) is 29.4. The molecule has 28 nitrogen and oxygen atoms in total. The van der Waals surface area contributed by atoms with Crippen molar-refractivity contribution in [2.45, 2.75) is 19.6 Å². The van der Waals surface area contributed by atoms with Crippen LogP contribution in [0.4, 0.5) is 28.4 Å². The molecule has 352 valence electrons. The van der Waals surface area contributed by atoms with Crippen molar-refractivity contribution in [1.29, 1.82) is 0 Å². The van der Waals surface area contributed by atoms with Crippen LogP contribution in [-0.2, 0) is 69.1 Å². The Kier molecular flexibility index (Phi) is 25.5. The van der Waals surface area contributed by atoms with Gasteiger partial charge in [0.25, 0.3) is 0 Å². The van der Waals surface area contributed by atoms with Gasteiger partial charge in [0.2, 0.25) is 10.4 Å². The molecule has 0 spiro atoms. The van der Waals surface area contributed by atoms with Crippen LogP contribution in [-0.4, -0.2) is 122 Å². The molecule has 4 rings (SSSR count). The van der Waals surface area contributed by atoms with E-state index in [2.05, 4.69) is 28.8 Å². The summed E-state index contributed by atoms with van der Waals surface area (Å²) >= 11 is 0. The number of sulfone groups is 2. The van der Waals surface area contributed by atoms with Gasteiger partial charge >= 0.3 is 129 Å². The average molecular weight is 1110 g/mol. The summed E-state index contributed by atoms with van der Waals surface area (Å²) in [6.07, 6.45) is 0. The SMILES string of the molecule is COc1cc(S(=O)(=O)CCOS(=O)(=O)[O-])c(OC)cc1N=Nc1c(S(=O)(=O)[O-])cc2cc(S(=O)(=O)[O-])c(N=Nc3cc(OC)c(S(=O)(=O)CCOS(=O)(=O)O)cc3OC)c([O-])c2c1N.[Na+].[Na+].[Na+].[Na+]. The van der Waals surface area contributed by atoms with Gasteiger partial charge in [-0.05, 0) is 17.5 Å². The first kappa shape index (κ1) is 66.6. The maximum atomic E-state index is 14.0. The van der Waals surface area contributed by atoms with Crippen LogP contribution in [0.1, 0.15) is 0 Å². The van der Waals surface area contributed by atoms with E-state index in [4.69, 9.17) is 29.2 Å². The minimum Gasteiger partial charge on any atom is -0.870 e. The van der Waals surface area contributed by atoms with Gasteiger partial charge in [-0.1, -0.05) is 5.75 Å². The summed E-state index contributed by atoms with van der Waals surface area (Å²) < 4.78 is 218. The molecule has 0 heterocycles. The van der Waals surface area contributed by atoms with E-state index in [-0.39, 0.29) is 118 Å². The molecule has 0 unspecified atom stereocenters. The number of anilines is 1. The number of hydrogen-bond donors (Lipinski definition) is 2. The Morgan fingerprint density at radius 1 is 0.529 bits per heavy atom. The molecule has 0 aliphatic heterocycles. The number of hydrogen-bond acceptors (Lipinski definition) is 27. The predicted molar refractivity (Wildman–Crippen MR) is 208 cm³/mol. The Hall–Kier alpha value is -1.40. The van der Waals surface area contributed by atoms with Gasteiger partial charge in [-0.25, -0.2) is 46.3 Å². The molecular weight excluding hydrogens is 1080 g/mol. The van der Waals surface area contributed by atoms with Gasteiger partial charge in [-0.15, -0.1) is 20.5 Å². The van der Waals surface area contributed by atoms with E-state index in [0.717, 1.165) is 52.7 Å². The van der Waals surface area contributed by atoms with Gasteiger partial charge in [0.1, 0.15) is 70.1 Å². The van der Waals surface area contributed by atoms with Crippen LogP contribution in [0.25, 0.3) is 10.8 Å². The van der Waals surface area contributed by atoms with Crippen molar-refractivity contribution >= 4 is 99.9 Å². The molecule has 0 aliphatic carbocycles. The summed E-state index contributed by atoms with van der Waals surface area (Å²) in [5.41, 5.74) is 1.95. The van der Waals surface area contributed by atoms with Crippen LogP contribution in [0.3, 0.4) is 0 Å². The molecule has 4 aromatic carbocycles. The van der Waals surface area contributed by atoms with Gasteiger partial charge < -0.3 is 43.4 Å². The Bertz CT molecular complexity index is 3080. The minimum absolute atomic E-state index is 0. The molecule has 0 amide bonds. The number of ether oxygens (including phenoxy) is 4. The van der Waals surface area contributed by atoms with E-state index in [0.29, 0.717) is 12.1 Å². The summed E-state index contributed by atoms with van der Waals surface area (Å²) in [6.45, 7) is -2.13. The molecule has 38 heteroatoms. The minimum atomic E-state index is -5.72. The van der Waals surface area contributed by atoms with Crippen LogP contribution >= 0.6 is 0 Å². The number of rotatable bonds is 20. The molecule has 0 aliphatic rings. The van der Waals surface area contributed by atoms with Crippen LogP contribution in [0.5, 0.6) is 28.7 Å². The molecule has 3 N–H and O–H groups in total. The number of azo groups is 2. The van der Waals surface area contributed by atoms with Gasteiger partial charge in [-0.2, -0.15) is 8.42 Å². The first-order valence-corrected chi connectivity index (χ1v) is 25.3. The fraction of sp³-hybridized carbons (Fsp3) is 0.267. The van der Waals surface area contributed by atoms with E-state index in [1.165, 1.54) is 0 Å². The second-order valence-electron chi connectivity index (χ2n) is 12.1. The molecular formula is C30H29N5Na4O23S6. The number of nitrogen functional groups attached to an aromatic ring is 1. The zero-order chi connectivity index (χ0) is 48.4. The number of benzene rings is 4. The quantitative estimate of drug-likeness (QED) is 0.0273. The third-order valence-electron chi connectivity index (χ3n) is 8.11. The third kappa shape index (κ3) is 16.8. The molecule has 0 bridgehead atoms. The smallest absolute Gasteiger partial charge is 0.870 e. The summed E-state index contributed by atoms with van der Waals surface area (Å²) in [6, 6.07) is 4.21. The number of nitrogens with two attached hydrogens (primary N) is 1. The van der Waals surface area contributed by atoms with Crippen LogP contribution in [0.2, 0.25) is 0 Å². The van der Waals surface area contributed by atoms with E-state index in [1.54, 1.807) is 0 Å². The van der Waals surface area contributed by atoms with Gasteiger partial charge in [0.15, 0.2) is 19.7 Å². The summed E-state index contributed by atoms with van der Waals surface area (Å²) in [5.74, 6) is -5.50. The van der Waals surface area contributed by atoms with Crippen molar-refractivity contribution in [2.75, 3.05) is 58.9 Å². The molecule has 0 fully saturated rings. The zero-order valence-electron chi connectivity index (χ0n) is 36.5. The van der Waals surface area contributed by atoms with Crippen molar-refractivity contribution in [3.8, 4) is 28.7 Å². The number of methoxy groups -OCH3 is 4. The normalized spacial score (nSPS) is 12.4. The van der Waals surface area contributed by atoms with E-state index < -0.39 is 173 Å². The van der Waals surface area contributed by atoms with Crippen molar-refractivity contribution in [1.82, 2.24) is 0 Å². The molecule has 0 aromatic heterocycles. The average Bonchev–Trinajstić information content (AvgIpc) is 3.17. The van der Waals surface area contributed by atoms with Gasteiger partial charge in [0.05, 0.1) is 74.3 Å². The third-order valence-corrected chi connectivity index (χ3v) is 14.1. The van der Waals surface area contributed by atoms with Crippen molar-refractivity contribution in [3.05, 3.63) is 36.4 Å². The van der Waals surface area contributed by atoms with E-state index >= 15 is 0 Å². The molecule has 4 aromatic rings. The predicted octanol–water partition coefficient (Wildman–Crippen LogP) is -11.0. The van der Waals surface area contributed by atoms with Gasteiger partial charge in [0, 0.05) is 29.7 Å². The standard InChI is InChI=1S/C30H33N5O23S6.4Na/c1-53-18-13-22(59(37,38)7-5-57-63(47,48)49)20(55-3)11-16(18)32-34-28-24(61(41,42)43)9-15-10-25(62(44,45)46)29(30(36)26(15)27(28)31)35-33-17-12-21(56-4)23(14-19(17)54-2)60(39,40)8-6-58-64(50,51)52;;;;/h9-14,36H,5-8,31H2,1-4H3,(H,41,42,43)(H,44,45,46)(H,47,48,49)(H,50,51,52);;;;/q;4*+1/p-4. The number of nitrogens with zero attached hydrogens (tertiary/aromatic N) is 4. The maximum Gasteiger partial charge on any atom is 1.00 e. The van der Waals surface area contributed by atoms with Crippen molar-refractivity contribution < 1.29 is 219 Å². The van der Waals surface area contributed by atoms with Crippen molar-refractivity contribution in [3.63, 3.8) is 0 Å². The topological polar surface area (TPSA) is 448 Å². The Morgan fingerprint density at radius 2 is 0.897 bits per heavy atom. The first-order valence-electron chi connectivity index (χ1n) is 16.4. The second kappa shape index (κ2) is 26.0. The molecule has 68 heavy (non-hydrogen) atoms. The van der Waals surface area contributed by atoms with Crippen molar-refractivity contribution in [2.24, 2.45) is 20.5 Å². The molecule has 0 atom stereocenters.